The van der Waals surface area contributed by atoms with Gasteiger partial charge in [0.25, 0.3) is 0 Å². The van der Waals surface area contributed by atoms with Crippen molar-refractivity contribution in [2.75, 3.05) is 0 Å². The van der Waals surface area contributed by atoms with Gasteiger partial charge in [0.2, 0.25) is 0 Å². The molecule has 14 heavy (non-hydrogen) atoms. The van der Waals surface area contributed by atoms with Crippen LogP contribution >= 0.6 is 0 Å². The molecule has 0 aromatic heterocycles. The van der Waals surface area contributed by atoms with Crippen molar-refractivity contribution < 1.29 is 14.3 Å². The van der Waals surface area contributed by atoms with Gasteiger partial charge in [0, 0.05) is 0 Å². The molecule has 0 N–H and O–H groups in total. The van der Waals surface area contributed by atoms with Gasteiger partial charge < -0.3 is 4.74 Å². The van der Waals surface area contributed by atoms with Crippen LogP contribution in [-0.2, 0) is 14.3 Å². The van der Waals surface area contributed by atoms with Crippen LogP contribution in [0, 0.1) is 5.92 Å². The fraction of sp³-hybridized carbons (Fsp3) is 0.455. The molecule has 1 fully saturated rings. The SMILES string of the molecule is CC.CC1C=C2C(=O)OC(=O)C2=CC1. The average Bonchev–Trinajstić information content (AvgIpc) is 2.46. The van der Waals surface area contributed by atoms with Gasteiger partial charge >= 0.3 is 11.9 Å². The Balaban J connectivity index is 0.000000461. The Morgan fingerprint density at radius 3 is 2.43 bits per heavy atom. The first-order chi connectivity index (χ1) is 6.68. The minimum atomic E-state index is -0.502. The molecule has 3 nitrogen and oxygen atoms in total. The number of ether oxygens (including phenoxy) is 1. The van der Waals surface area contributed by atoms with Gasteiger partial charge in [-0.15, -0.1) is 0 Å². The summed E-state index contributed by atoms with van der Waals surface area (Å²) in [6, 6.07) is 0. The number of fused-ring (bicyclic) bond motifs is 1. The number of hydrogen-bond acceptors (Lipinski definition) is 3. The fourth-order valence-corrected chi connectivity index (χ4v) is 1.42. The molecule has 0 amide bonds. The molecule has 3 heteroatoms. The van der Waals surface area contributed by atoms with Gasteiger partial charge in [-0.2, -0.15) is 0 Å². The third-order valence-electron chi connectivity index (χ3n) is 2.06. The molecule has 0 saturated carbocycles. The van der Waals surface area contributed by atoms with Crippen LogP contribution in [0.25, 0.3) is 0 Å². The highest BCUT2D eigenvalue weighted by atomic mass is 16.6. The maximum Gasteiger partial charge on any atom is 0.346 e. The van der Waals surface area contributed by atoms with Gasteiger partial charge in [-0.3, -0.25) is 0 Å². The summed E-state index contributed by atoms with van der Waals surface area (Å²) in [5.41, 5.74) is 0.886. The van der Waals surface area contributed by atoms with Gasteiger partial charge in [0.1, 0.15) is 0 Å². The first-order valence-electron chi connectivity index (χ1n) is 4.87. The number of carbonyl (C=O) groups excluding carboxylic acids is 2. The second-order valence-corrected chi connectivity index (χ2v) is 3.09. The third-order valence-corrected chi connectivity index (χ3v) is 2.06. The summed E-state index contributed by atoms with van der Waals surface area (Å²) in [6.07, 6.45) is 4.37. The largest absolute Gasteiger partial charge is 0.386 e. The summed E-state index contributed by atoms with van der Waals surface area (Å²) in [6.45, 7) is 6.00. The molecule has 1 atom stereocenters. The van der Waals surface area contributed by atoms with Crippen molar-refractivity contribution in [3.05, 3.63) is 23.3 Å². The first kappa shape index (κ1) is 10.7. The molecule has 0 radical (unpaired) electrons. The molecule has 0 aromatic carbocycles. The normalized spacial score (nSPS) is 24.1. The standard InChI is InChI=1S/C9H8O3.C2H6/c1-5-2-3-6-7(4-5)9(11)12-8(6)10;1-2/h3-5H,2H2,1H3;1-2H3. The molecule has 0 spiro atoms. The summed E-state index contributed by atoms with van der Waals surface area (Å²) in [4.78, 5) is 22.0. The van der Waals surface area contributed by atoms with Crippen LogP contribution in [0.1, 0.15) is 27.2 Å². The first-order valence-corrected chi connectivity index (χ1v) is 4.87. The van der Waals surface area contributed by atoms with E-state index in [1.807, 2.05) is 20.8 Å². The fourth-order valence-electron chi connectivity index (χ4n) is 1.42. The molecule has 1 heterocycles. The van der Waals surface area contributed by atoms with Crippen molar-refractivity contribution in [3.8, 4) is 0 Å². The van der Waals surface area contributed by atoms with Gasteiger partial charge in [-0.05, 0) is 12.3 Å². The van der Waals surface area contributed by atoms with Crippen LogP contribution in [0.5, 0.6) is 0 Å². The Labute approximate surface area is 83.4 Å². The summed E-state index contributed by atoms with van der Waals surface area (Å²) in [5, 5.41) is 0. The Morgan fingerprint density at radius 2 is 1.79 bits per heavy atom. The van der Waals surface area contributed by atoms with Gasteiger partial charge in [-0.1, -0.05) is 32.9 Å². The molecule has 0 bridgehead atoms. The van der Waals surface area contributed by atoms with Crippen LogP contribution < -0.4 is 0 Å². The molecular weight excluding hydrogens is 180 g/mol. The van der Waals surface area contributed by atoms with Crippen LogP contribution in [-0.4, -0.2) is 11.9 Å². The number of cyclic esters (lactones) is 2. The number of rotatable bonds is 0. The minimum Gasteiger partial charge on any atom is -0.386 e. The van der Waals surface area contributed by atoms with E-state index in [0.29, 0.717) is 17.1 Å². The number of carbonyl (C=O) groups is 2. The van der Waals surface area contributed by atoms with Crippen LogP contribution in [0.15, 0.2) is 23.3 Å². The highest BCUT2D eigenvalue weighted by Crippen LogP contribution is 2.29. The zero-order valence-corrected chi connectivity index (χ0v) is 8.66. The van der Waals surface area contributed by atoms with E-state index in [-0.39, 0.29) is 0 Å². The molecule has 0 aromatic rings. The number of esters is 2. The average molecular weight is 194 g/mol. The van der Waals surface area contributed by atoms with E-state index in [1.54, 1.807) is 12.2 Å². The van der Waals surface area contributed by atoms with Crippen molar-refractivity contribution in [2.45, 2.75) is 27.2 Å². The van der Waals surface area contributed by atoms with Crippen LogP contribution in [0.2, 0.25) is 0 Å². The van der Waals surface area contributed by atoms with Gasteiger partial charge in [0.15, 0.2) is 0 Å². The highest BCUT2D eigenvalue weighted by Gasteiger charge is 2.34. The summed E-state index contributed by atoms with van der Waals surface area (Å²) in [5.74, 6) is -0.682. The minimum absolute atomic E-state index is 0.321. The van der Waals surface area contributed by atoms with Crippen molar-refractivity contribution in [1.82, 2.24) is 0 Å². The topological polar surface area (TPSA) is 43.4 Å². The lowest BCUT2D eigenvalue weighted by molar-refractivity contribution is -0.149. The molecule has 2 rings (SSSR count). The number of allylic oxidation sites excluding steroid dienone is 2. The number of hydrogen-bond donors (Lipinski definition) is 0. The summed E-state index contributed by atoms with van der Waals surface area (Å²) < 4.78 is 4.44. The predicted molar refractivity (Wildman–Crippen MR) is 52.4 cm³/mol. The van der Waals surface area contributed by atoms with Crippen LogP contribution in [0.4, 0.5) is 0 Å². The maximum atomic E-state index is 11.0. The van der Waals surface area contributed by atoms with Gasteiger partial charge in [-0.25, -0.2) is 9.59 Å². The smallest absolute Gasteiger partial charge is 0.346 e. The summed E-state index contributed by atoms with van der Waals surface area (Å²) in [7, 11) is 0. The van der Waals surface area contributed by atoms with E-state index in [1.165, 1.54) is 0 Å². The van der Waals surface area contributed by atoms with Crippen molar-refractivity contribution in [2.24, 2.45) is 5.92 Å². The van der Waals surface area contributed by atoms with E-state index in [4.69, 9.17) is 0 Å². The second kappa shape index (κ2) is 4.22. The zero-order chi connectivity index (χ0) is 10.7. The van der Waals surface area contributed by atoms with E-state index < -0.39 is 11.9 Å². The van der Waals surface area contributed by atoms with Crippen LogP contribution in [0.3, 0.4) is 0 Å². The predicted octanol–water partition coefficient (Wildman–Crippen LogP) is 1.99. The molecule has 76 valence electrons. The van der Waals surface area contributed by atoms with Crippen molar-refractivity contribution in [3.63, 3.8) is 0 Å². The molecule has 1 saturated heterocycles. The monoisotopic (exact) mass is 194 g/mol. The van der Waals surface area contributed by atoms with E-state index >= 15 is 0 Å². The van der Waals surface area contributed by atoms with Crippen molar-refractivity contribution >= 4 is 11.9 Å². The third kappa shape index (κ3) is 1.76. The van der Waals surface area contributed by atoms with Gasteiger partial charge in [0.05, 0.1) is 11.1 Å². The van der Waals surface area contributed by atoms with E-state index in [2.05, 4.69) is 4.74 Å². The lowest BCUT2D eigenvalue weighted by Gasteiger charge is -2.08. The molecule has 1 aliphatic carbocycles. The second-order valence-electron chi connectivity index (χ2n) is 3.09. The zero-order valence-electron chi connectivity index (χ0n) is 8.66. The highest BCUT2D eigenvalue weighted by molar-refractivity contribution is 6.18. The van der Waals surface area contributed by atoms with E-state index in [0.717, 1.165) is 6.42 Å². The maximum absolute atomic E-state index is 11.0. The lowest BCUT2D eigenvalue weighted by atomic mass is 9.93. The Hall–Kier alpha value is -1.38. The molecular formula is C11H14O3. The molecule has 2 aliphatic rings. The molecule has 1 unspecified atom stereocenters. The van der Waals surface area contributed by atoms with E-state index in [9.17, 15) is 9.59 Å². The molecule has 1 aliphatic heterocycles. The Bertz CT molecular complexity index is 323. The van der Waals surface area contributed by atoms with Crippen molar-refractivity contribution in [1.29, 1.82) is 0 Å². The Kier molecular flexibility index (Phi) is 3.23. The quantitative estimate of drug-likeness (QED) is 0.437. The lowest BCUT2D eigenvalue weighted by Crippen LogP contribution is -2.03. The summed E-state index contributed by atoms with van der Waals surface area (Å²) >= 11 is 0. The Morgan fingerprint density at radius 1 is 1.21 bits per heavy atom.